The lowest BCUT2D eigenvalue weighted by atomic mass is 10.0. The molecule has 6 heteroatoms. The molecule has 152 valence electrons. The standard InChI is InChI=1S/C23H25NO4S/c1-15-11-20-17(3)22(28-21(20)12-16(15)2)23(25)24(13-18-7-5-4-6-8-18)19-9-10-29(26,27)14-19/h4-8,11-12,19H,9-10,13-14H2,1-3H3. The van der Waals surface area contributed by atoms with Gasteiger partial charge < -0.3 is 9.32 Å². The molecule has 0 radical (unpaired) electrons. The molecule has 1 aliphatic rings. The number of furan rings is 1. The van der Waals surface area contributed by atoms with E-state index in [0.717, 1.165) is 27.6 Å². The van der Waals surface area contributed by atoms with Crippen LogP contribution in [0.25, 0.3) is 11.0 Å². The van der Waals surface area contributed by atoms with Crippen LogP contribution in [-0.4, -0.2) is 36.8 Å². The van der Waals surface area contributed by atoms with Gasteiger partial charge in [0.15, 0.2) is 15.6 Å². The van der Waals surface area contributed by atoms with E-state index in [4.69, 9.17) is 4.42 Å². The van der Waals surface area contributed by atoms with Crippen molar-refractivity contribution in [2.75, 3.05) is 11.5 Å². The van der Waals surface area contributed by atoms with Gasteiger partial charge >= 0.3 is 0 Å². The van der Waals surface area contributed by atoms with Crippen LogP contribution in [0.4, 0.5) is 0 Å². The van der Waals surface area contributed by atoms with Crippen molar-refractivity contribution >= 4 is 26.7 Å². The number of sulfone groups is 1. The SMILES string of the molecule is Cc1cc2oc(C(=O)N(Cc3ccccc3)C3CCS(=O)(=O)C3)c(C)c2cc1C. The zero-order valence-electron chi connectivity index (χ0n) is 16.9. The third-order valence-electron chi connectivity index (χ3n) is 5.85. The van der Waals surface area contributed by atoms with Gasteiger partial charge in [-0.3, -0.25) is 4.79 Å². The highest BCUT2D eigenvalue weighted by atomic mass is 32.2. The smallest absolute Gasteiger partial charge is 0.290 e. The summed E-state index contributed by atoms with van der Waals surface area (Å²) < 4.78 is 30.1. The van der Waals surface area contributed by atoms with E-state index in [1.165, 1.54) is 0 Å². The average Bonchev–Trinajstić information content (AvgIpc) is 3.20. The molecule has 29 heavy (non-hydrogen) atoms. The number of benzene rings is 2. The second-order valence-electron chi connectivity index (χ2n) is 7.96. The van der Waals surface area contributed by atoms with Crippen LogP contribution in [0.5, 0.6) is 0 Å². The molecule has 3 aromatic rings. The van der Waals surface area contributed by atoms with Gasteiger partial charge in [-0.25, -0.2) is 8.42 Å². The molecule has 2 aromatic carbocycles. The summed E-state index contributed by atoms with van der Waals surface area (Å²) in [5.41, 5.74) is 4.70. The Bertz CT molecular complexity index is 1180. The van der Waals surface area contributed by atoms with E-state index in [2.05, 4.69) is 0 Å². The number of amides is 1. The normalized spacial score (nSPS) is 18.2. The van der Waals surface area contributed by atoms with E-state index in [-0.39, 0.29) is 23.5 Å². The largest absolute Gasteiger partial charge is 0.451 e. The van der Waals surface area contributed by atoms with Crippen molar-refractivity contribution in [3.05, 3.63) is 70.5 Å². The van der Waals surface area contributed by atoms with Crippen molar-refractivity contribution in [3.8, 4) is 0 Å². The third-order valence-corrected chi connectivity index (χ3v) is 7.60. The Morgan fingerprint density at radius 1 is 1.10 bits per heavy atom. The minimum absolute atomic E-state index is 0.00304. The molecule has 2 heterocycles. The summed E-state index contributed by atoms with van der Waals surface area (Å²) in [5, 5.41) is 0.926. The predicted molar refractivity (Wildman–Crippen MR) is 114 cm³/mol. The van der Waals surface area contributed by atoms with Gasteiger partial charge in [0.2, 0.25) is 0 Å². The van der Waals surface area contributed by atoms with Crippen LogP contribution in [0.1, 0.15) is 39.2 Å². The Morgan fingerprint density at radius 2 is 1.79 bits per heavy atom. The van der Waals surface area contributed by atoms with Crippen LogP contribution in [0.2, 0.25) is 0 Å². The third kappa shape index (κ3) is 3.81. The molecule has 1 aliphatic heterocycles. The molecule has 1 fully saturated rings. The first-order valence-corrected chi connectivity index (χ1v) is 11.6. The van der Waals surface area contributed by atoms with E-state index in [1.807, 2.05) is 63.2 Å². The molecule has 5 nitrogen and oxygen atoms in total. The molecule has 1 aromatic heterocycles. The Kier molecular flexibility index (Phi) is 4.99. The van der Waals surface area contributed by atoms with Crippen molar-refractivity contribution in [2.24, 2.45) is 0 Å². The van der Waals surface area contributed by atoms with E-state index >= 15 is 0 Å². The molecule has 0 saturated carbocycles. The van der Waals surface area contributed by atoms with Crippen molar-refractivity contribution in [1.82, 2.24) is 4.90 Å². The molecule has 1 saturated heterocycles. The fourth-order valence-electron chi connectivity index (χ4n) is 3.98. The quantitative estimate of drug-likeness (QED) is 0.646. The highest BCUT2D eigenvalue weighted by molar-refractivity contribution is 7.91. The summed E-state index contributed by atoms with van der Waals surface area (Å²) in [7, 11) is -3.12. The lowest BCUT2D eigenvalue weighted by Gasteiger charge is -2.28. The minimum Gasteiger partial charge on any atom is -0.451 e. The topological polar surface area (TPSA) is 67.6 Å². The van der Waals surface area contributed by atoms with E-state index in [0.29, 0.717) is 24.3 Å². The fourth-order valence-corrected chi connectivity index (χ4v) is 5.71. The van der Waals surface area contributed by atoms with Gasteiger partial charge in [0.1, 0.15) is 5.58 Å². The van der Waals surface area contributed by atoms with Gasteiger partial charge in [-0.15, -0.1) is 0 Å². The molecular formula is C23H25NO4S. The van der Waals surface area contributed by atoms with Crippen LogP contribution in [0.3, 0.4) is 0 Å². The first-order chi connectivity index (χ1) is 13.7. The lowest BCUT2D eigenvalue weighted by molar-refractivity contribution is 0.0649. The molecular weight excluding hydrogens is 386 g/mol. The molecule has 1 unspecified atom stereocenters. The van der Waals surface area contributed by atoms with Gasteiger partial charge in [0.25, 0.3) is 5.91 Å². The summed E-state index contributed by atoms with van der Waals surface area (Å²) in [6.45, 7) is 6.29. The number of hydrogen-bond acceptors (Lipinski definition) is 4. The Labute approximate surface area is 171 Å². The minimum atomic E-state index is -3.12. The van der Waals surface area contributed by atoms with Gasteiger partial charge in [-0.05, 0) is 56.0 Å². The van der Waals surface area contributed by atoms with Gasteiger partial charge in [0.05, 0.1) is 11.5 Å². The van der Waals surface area contributed by atoms with Crippen LogP contribution in [0, 0.1) is 20.8 Å². The van der Waals surface area contributed by atoms with Crippen molar-refractivity contribution in [1.29, 1.82) is 0 Å². The van der Waals surface area contributed by atoms with E-state index < -0.39 is 9.84 Å². The summed E-state index contributed by atoms with van der Waals surface area (Å²) in [4.78, 5) is 15.2. The summed E-state index contributed by atoms with van der Waals surface area (Å²) in [6, 6.07) is 13.3. The average molecular weight is 412 g/mol. The summed E-state index contributed by atoms with van der Waals surface area (Å²) in [5.74, 6) is 0.168. The Morgan fingerprint density at radius 3 is 2.45 bits per heavy atom. The number of rotatable bonds is 4. The molecule has 0 N–H and O–H groups in total. The summed E-state index contributed by atoms with van der Waals surface area (Å²) >= 11 is 0. The zero-order valence-corrected chi connectivity index (χ0v) is 17.8. The maximum atomic E-state index is 13.5. The number of carbonyl (C=O) groups excluding carboxylic acids is 1. The highest BCUT2D eigenvalue weighted by Gasteiger charge is 2.36. The first-order valence-electron chi connectivity index (χ1n) is 9.81. The first kappa shape index (κ1) is 19.7. The van der Waals surface area contributed by atoms with Crippen LogP contribution < -0.4 is 0 Å². The van der Waals surface area contributed by atoms with Gasteiger partial charge in [-0.1, -0.05) is 30.3 Å². The molecule has 0 bridgehead atoms. The van der Waals surface area contributed by atoms with Crippen molar-refractivity contribution in [3.63, 3.8) is 0 Å². The van der Waals surface area contributed by atoms with Crippen molar-refractivity contribution in [2.45, 2.75) is 39.8 Å². The maximum Gasteiger partial charge on any atom is 0.290 e. The molecule has 1 amide bonds. The van der Waals surface area contributed by atoms with Crippen LogP contribution in [-0.2, 0) is 16.4 Å². The van der Waals surface area contributed by atoms with Crippen LogP contribution in [0.15, 0.2) is 46.9 Å². The summed E-state index contributed by atoms with van der Waals surface area (Å²) in [6.07, 6.45) is 0.457. The van der Waals surface area contributed by atoms with Gasteiger partial charge in [0, 0.05) is 23.5 Å². The Hall–Kier alpha value is -2.60. The molecule has 1 atom stereocenters. The van der Waals surface area contributed by atoms with Gasteiger partial charge in [-0.2, -0.15) is 0 Å². The highest BCUT2D eigenvalue weighted by Crippen LogP contribution is 2.30. The monoisotopic (exact) mass is 411 g/mol. The van der Waals surface area contributed by atoms with Crippen LogP contribution >= 0.6 is 0 Å². The maximum absolute atomic E-state index is 13.5. The second kappa shape index (κ2) is 7.34. The van der Waals surface area contributed by atoms with Crippen molar-refractivity contribution < 1.29 is 17.6 Å². The fraction of sp³-hybridized carbons (Fsp3) is 0.348. The lowest BCUT2D eigenvalue weighted by Crippen LogP contribution is -2.40. The number of nitrogens with zero attached hydrogens (tertiary/aromatic N) is 1. The molecule has 0 aliphatic carbocycles. The zero-order chi connectivity index (χ0) is 20.8. The predicted octanol–water partition coefficient (Wildman–Crippen LogP) is 4.19. The molecule has 4 rings (SSSR count). The second-order valence-corrected chi connectivity index (χ2v) is 10.2. The number of aryl methyl sites for hydroxylation is 3. The molecule has 0 spiro atoms. The number of fused-ring (bicyclic) bond motifs is 1. The van der Waals surface area contributed by atoms with E-state index in [9.17, 15) is 13.2 Å². The number of carbonyl (C=O) groups is 1. The van der Waals surface area contributed by atoms with E-state index in [1.54, 1.807) is 4.90 Å². The Balaban J connectivity index is 1.75. The number of hydrogen-bond donors (Lipinski definition) is 0.